The zero-order valence-corrected chi connectivity index (χ0v) is 8.97. The van der Waals surface area contributed by atoms with E-state index in [1.54, 1.807) is 6.92 Å². The maximum Gasteiger partial charge on any atom is 0.0857 e. The van der Waals surface area contributed by atoms with E-state index in [9.17, 15) is 5.11 Å². The Bertz CT molecular complexity index is 259. The zero-order chi connectivity index (χ0) is 11.1. The van der Waals surface area contributed by atoms with Gasteiger partial charge in [-0.2, -0.15) is 0 Å². The highest BCUT2D eigenvalue weighted by Crippen LogP contribution is 2.08. The summed E-state index contributed by atoms with van der Waals surface area (Å²) in [5.41, 5.74) is 1.07. The van der Waals surface area contributed by atoms with Crippen LogP contribution in [0.5, 0.6) is 0 Å². The molecule has 3 heteroatoms. The first-order valence-corrected chi connectivity index (χ1v) is 5.18. The predicted octanol–water partition coefficient (Wildman–Crippen LogP) is 1.33. The Balaban J connectivity index is 2.40. The highest BCUT2D eigenvalue weighted by molar-refractivity contribution is 5.13. The van der Waals surface area contributed by atoms with Crippen LogP contribution < -0.4 is 0 Å². The van der Waals surface area contributed by atoms with Crippen LogP contribution in [-0.2, 0) is 11.3 Å². The Kier molecular flexibility index (Phi) is 5.32. The molecule has 2 N–H and O–H groups in total. The number of ether oxygens (including phenoxy) is 1. The maximum atomic E-state index is 9.39. The van der Waals surface area contributed by atoms with Gasteiger partial charge in [-0.1, -0.05) is 30.3 Å². The molecule has 1 aromatic rings. The van der Waals surface area contributed by atoms with E-state index in [1.807, 2.05) is 30.3 Å². The van der Waals surface area contributed by atoms with E-state index in [0.29, 0.717) is 13.0 Å². The van der Waals surface area contributed by atoms with Gasteiger partial charge in [-0.3, -0.25) is 0 Å². The highest BCUT2D eigenvalue weighted by atomic mass is 16.5. The van der Waals surface area contributed by atoms with Crippen LogP contribution in [0.15, 0.2) is 30.3 Å². The first kappa shape index (κ1) is 12.2. The molecule has 3 nitrogen and oxygen atoms in total. The van der Waals surface area contributed by atoms with Gasteiger partial charge in [-0.05, 0) is 18.9 Å². The summed E-state index contributed by atoms with van der Waals surface area (Å²) in [5.74, 6) is 0. The van der Waals surface area contributed by atoms with Crippen molar-refractivity contribution in [3.05, 3.63) is 35.9 Å². The summed E-state index contributed by atoms with van der Waals surface area (Å²) in [6.45, 7) is 2.17. The van der Waals surface area contributed by atoms with Crippen LogP contribution in [0.4, 0.5) is 0 Å². The molecule has 2 unspecified atom stereocenters. The van der Waals surface area contributed by atoms with E-state index >= 15 is 0 Å². The number of rotatable bonds is 6. The molecule has 0 aliphatic heterocycles. The molecule has 2 atom stereocenters. The van der Waals surface area contributed by atoms with Crippen molar-refractivity contribution >= 4 is 0 Å². The molecule has 0 spiro atoms. The molecule has 0 fully saturated rings. The molecule has 0 aromatic heterocycles. The number of hydrogen-bond donors (Lipinski definition) is 2. The molecule has 15 heavy (non-hydrogen) atoms. The van der Waals surface area contributed by atoms with E-state index in [2.05, 4.69) is 0 Å². The molecular formula is C12H18O3. The van der Waals surface area contributed by atoms with Gasteiger partial charge in [0.1, 0.15) is 0 Å². The van der Waals surface area contributed by atoms with Gasteiger partial charge in [0.25, 0.3) is 0 Å². The zero-order valence-electron chi connectivity index (χ0n) is 8.97. The van der Waals surface area contributed by atoms with Gasteiger partial charge >= 0.3 is 0 Å². The SMILES string of the molecule is CC(O)C(CCO)OCc1ccccc1. The fourth-order valence-corrected chi connectivity index (χ4v) is 1.37. The van der Waals surface area contributed by atoms with Crippen molar-refractivity contribution in [2.75, 3.05) is 6.61 Å². The van der Waals surface area contributed by atoms with Gasteiger partial charge in [-0.25, -0.2) is 0 Å². The summed E-state index contributed by atoms with van der Waals surface area (Å²) >= 11 is 0. The van der Waals surface area contributed by atoms with E-state index in [-0.39, 0.29) is 12.7 Å². The van der Waals surface area contributed by atoms with Gasteiger partial charge in [0.2, 0.25) is 0 Å². The first-order chi connectivity index (χ1) is 7.24. The van der Waals surface area contributed by atoms with Crippen LogP contribution in [0.25, 0.3) is 0 Å². The third-order valence-corrected chi connectivity index (χ3v) is 2.26. The Labute approximate surface area is 90.3 Å². The lowest BCUT2D eigenvalue weighted by Gasteiger charge is -2.19. The van der Waals surface area contributed by atoms with Gasteiger partial charge in [0, 0.05) is 6.61 Å². The third kappa shape index (κ3) is 4.42. The molecule has 0 amide bonds. The van der Waals surface area contributed by atoms with E-state index in [1.165, 1.54) is 0 Å². The first-order valence-electron chi connectivity index (χ1n) is 5.18. The van der Waals surface area contributed by atoms with Crippen LogP contribution >= 0.6 is 0 Å². The van der Waals surface area contributed by atoms with E-state index < -0.39 is 6.10 Å². The van der Waals surface area contributed by atoms with Gasteiger partial charge < -0.3 is 14.9 Å². The van der Waals surface area contributed by atoms with Crippen LogP contribution in [-0.4, -0.2) is 29.0 Å². The molecule has 1 rings (SSSR count). The van der Waals surface area contributed by atoms with Crippen LogP contribution in [0.2, 0.25) is 0 Å². The van der Waals surface area contributed by atoms with Gasteiger partial charge in [0.15, 0.2) is 0 Å². The quantitative estimate of drug-likeness (QED) is 0.745. The van der Waals surface area contributed by atoms with Crippen LogP contribution in [0.1, 0.15) is 18.9 Å². The molecule has 1 aromatic carbocycles. The van der Waals surface area contributed by atoms with Crippen molar-refractivity contribution in [2.45, 2.75) is 32.2 Å². The topological polar surface area (TPSA) is 49.7 Å². The number of benzene rings is 1. The number of aliphatic hydroxyl groups excluding tert-OH is 2. The lowest BCUT2D eigenvalue weighted by Crippen LogP contribution is -2.27. The summed E-state index contributed by atoms with van der Waals surface area (Å²) in [5, 5.41) is 18.2. The Morgan fingerprint density at radius 1 is 1.27 bits per heavy atom. The van der Waals surface area contributed by atoms with Crippen molar-refractivity contribution in [2.24, 2.45) is 0 Å². The minimum absolute atomic E-state index is 0.0321. The second-order valence-electron chi connectivity index (χ2n) is 3.59. The molecule has 0 bridgehead atoms. The van der Waals surface area contributed by atoms with Crippen LogP contribution in [0.3, 0.4) is 0 Å². The fraction of sp³-hybridized carbons (Fsp3) is 0.500. The molecule has 0 heterocycles. The molecular weight excluding hydrogens is 192 g/mol. The van der Waals surface area contributed by atoms with Gasteiger partial charge in [-0.15, -0.1) is 0 Å². The normalized spacial score (nSPS) is 14.9. The molecule has 0 radical (unpaired) electrons. The highest BCUT2D eigenvalue weighted by Gasteiger charge is 2.14. The van der Waals surface area contributed by atoms with Crippen molar-refractivity contribution < 1.29 is 14.9 Å². The van der Waals surface area contributed by atoms with E-state index in [4.69, 9.17) is 9.84 Å². The summed E-state index contributed by atoms with van der Waals surface area (Å²) in [6.07, 6.45) is -0.388. The minimum Gasteiger partial charge on any atom is -0.396 e. The van der Waals surface area contributed by atoms with Crippen molar-refractivity contribution in [3.63, 3.8) is 0 Å². The molecule has 0 saturated heterocycles. The van der Waals surface area contributed by atoms with Crippen molar-refractivity contribution in [1.82, 2.24) is 0 Å². The standard InChI is InChI=1S/C12H18O3/c1-10(14)12(7-8-13)15-9-11-5-3-2-4-6-11/h2-6,10,12-14H,7-9H2,1H3. The van der Waals surface area contributed by atoms with Crippen molar-refractivity contribution in [3.8, 4) is 0 Å². The monoisotopic (exact) mass is 210 g/mol. The lowest BCUT2D eigenvalue weighted by atomic mass is 10.1. The van der Waals surface area contributed by atoms with Crippen molar-refractivity contribution in [1.29, 1.82) is 0 Å². The van der Waals surface area contributed by atoms with Gasteiger partial charge in [0.05, 0.1) is 18.8 Å². The smallest absolute Gasteiger partial charge is 0.0857 e. The Morgan fingerprint density at radius 2 is 1.93 bits per heavy atom. The maximum absolute atomic E-state index is 9.39. The number of aliphatic hydroxyl groups is 2. The summed E-state index contributed by atoms with van der Waals surface area (Å²) in [6, 6.07) is 9.78. The summed E-state index contributed by atoms with van der Waals surface area (Å²) < 4.78 is 5.52. The van der Waals surface area contributed by atoms with Crippen LogP contribution in [0, 0.1) is 0 Å². The van der Waals surface area contributed by atoms with E-state index in [0.717, 1.165) is 5.56 Å². The fourth-order valence-electron chi connectivity index (χ4n) is 1.37. The minimum atomic E-state index is -0.555. The lowest BCUT2D eigenvalue weighted by molar-refractivity contribution is -0.0485. The Hall–Kier alpha value is -0.900. The Morgan fingerprint density at radius 3 is 2.47 bits per heavy atom. The summed E-state index contributed by atoms with van der Waals surface area (Å²) in [7, 11) is 0. The predicted molar refractivity (Wildman–Crippen MR) is 58.4 cm³/mol. The average molecular weight is 210 g/mol. The second kappa shape index (κ2) is 6.56. The number of hydrogen-bond acceptors (Lipinski definition) is 3. The molecule has 0 saturated carbocycles. The largest absolute Gasteiger partial charge is 0.396 e. The summed E-state index contributed by atoms with van der Waals surface area (Å²) in [4.78, 5) is 0. The second-order valence-corrected chi connectivity index (χ2v) is 3.59. The molecule has 84 valence electrons. The molecule has 0 aliphatic carbocycles. The third-order valence-electron chi connectivity index (χ3n) is 2.26. The average Bonchev–Trinajstić information content (AvgIpc) is 2.25. The molecule has 0 aliphatic rings.